The molecule has 1 saturated heterocycles. The van der Waals surface area contributed by atoms with Gasteiger partial charge in [-0.3, -0.25) is 9.59 Å². The van der Waals surface area contributed by atoms with Gasteiger partial charge >= 0.3 is 0 Å². The zero-order chi connectivity index (χ0) is 23.4. The van der Waals surface area contributed by atoms with Gasteiger partial charge < -0.3 is 20.2 Å². The van der Waals surface area contributed by atoms with Crippen LogP contribution in [0.1, 0.15) is 22.3 Å². The van der Waals surface area contributed by atoms with Crippen molar-refractivity contribution >= 4 is 35.0 Å². The number of aliphatic imine (C=N–C) groups is 1. The summed E-state index contributed by atoms with van der Waals surface area (Å²) in [5.74, 6) is -2.22. The Morgan fingerprint density at radius 2 is 2.00 bits per heavy atom. The van der Waals surface area contributed by atoms with E-state index in [9.17, 15) is 23.2 Å². The van der Waals surface area contributed by atoms with Crippen LogP contribution in [0.3, 0.4) is 0 Å². The van der Waals surface area contributed by atoms with Crippen molar-refractivity contribution in [2.24, 2.45) is 10.9 Å². The number of ether oxygens (including phenoxy) is 1. The number of hydrogen-bond acceptors (Lipinski definition) is 6. The van der Waals surface area contributed by atoms with Crippen molar-refractivity contribution in [3.05, 3.63) is 71.3 Å². The lowest BCUT2D eigenvalue weighted by molar-refractivity contribution is -0.142. The molecule has 0 bridgehead atoms. The first-order valence-electron chi connectivity index (χ1n) is 10.3. The smallest absolute Gasteiger partial charge is 0.257 e. The van der Waals surface area contributed by atoms with E-state index < -0.39 is 29.2 Å². The number of carbonyl (C=O) groups is 3. The van der Waals surface area contributed by atoms with Crippen LogP contribution in [-0.2, 0) is 19.9 Å². The Bertz CT molecular complexity index is 1100. The Morgan fingerprint density at radius 1 is 1.21 bits per heavy atom. The highest BCUT2D eigenvalue weighted by Gasteiger charge is 2.51. The van der Waals surface area contributed by atoms with E-state index in [2.05, 4.69) is 15.6 Å². The van der Waals surface area contributed by atoms with Crippen molar-refractivity contribution in [3.63, 3.8) is 0 Å². The zero-order valence-corrected chi connectivity index (χ0v) is 18.2. The summed E-state index contributed by atoms with van der Waals surface area (Å²) in [6, 6.07) is 11.8. The number of nitrogens with one attached hydrogen (secondary N) is 2. The number of amides is 2. The highest BCUT2D eigenvalue weighted by Crippen LogP contribution is 2.47. The highest BCUT2D eigenvalue weighted by atomic mass is 32.2. The summed E-state index contributed by atoms with van der Waals surface area (Å²) < 4.78 is 34.3. The first-order valence-corrected chi connectivity index (χ1v) is 11.3. The molecular weight excluding hydrogens is 452 g/mol. The normalized spacial score (nSPS) is 24.2. The second kappa shape index (κ2) is 9.80. The quantitative estimate of drug-likeness (QED) is 0.651. The third kappa shape index (κ3) is 4.81. The van der Waals surface area contributed by atoms with Gasteiger partial charge in [-0.2, -0.15) is 0 Å². The molecule has 2 aliphatic rings. The van der Waals surface area contributed by atoms with Crippen LogP contribution in [-0.4, -0.2) is 48.3 Å². The average molecular weight is 474 g/mol. The molecule has 0 aromatic heterocycles. The third-order valence-corrected chi connectivity index (χ3v) is 6.74. The summed E-state index contributed by atoms with van der Waals surface area (Å²) in [5.41, 5.74) is -0.673. The molecule has 7 nitrogen and oxygen atoms in total. The van der Waals surface area contributed by atoms with Crippen molar-refractivity contribution in [3.8, 4) is 0 Å². The maximum absolute atomic E-state index is 14.9. The van der Waals surface area contributed by atoms with Gasteiger partial charge in [-0.15, -0.1) is 0 Å². The summed E-state index contributed by atoms with van der Waals surface area (Å²) in [7, 11) is 0. The fraction of sp³-hybridized carbons (Fsp3) is 0.304. The molecule has 0 spiro atoms. The van der Waals surface area contributed by atoms with Gasteiger partial charge in [0, 0.05) is 28.9 Å². The molecule has 2 heterocycles. The van der Waals surface area contributed by atoms with Crippen molar-refractivity contribution in [1.82, 2.24) is 10.6 Å². The molecule has 172 valence electrons. The van der Waals surface area contributed by atoms with Gasteiger partial charge in [0.15, 0.2) is 5.17 Å². The van der Waals surface area contributed by atoms with Crippen LogP contribution in [0.15, 0.2) is 53.5 Å². The lowest BCUT2D eigenvalue weighted by Gasteiger charge is -2.46. The van der Waals surface area contributed by atoms with E-state index in [0.29, 0.717) is 17.6 Å². The molecule has 0 unspecified atom stereocenters. The van der Waals surface area contributed by atoms with E-state index in [4.69, 9.17) is 4.74 Å². The van der Waals surface area contributed by atoms with Crippen LogP contribution in [0, 0.1) is 17.6 Å². The van der Waals surface area contributed by atoms with Crippen molar-refractivity contribution < 1.29 is 27.9 Å². The van der Waals surface area contributed by atoms with Crippen molar-refractivity contribution in [1.29, 1.82) is 0 Å². The number of halogens is 2. The van der Waals surface area contributed by atoms with Crippen LogP contribution < -0.4 is 10.6 Å². The zero-order valence-electron chi connectivity index (χ0n) is 17.4. The Kier molecular flexibility index (Phi) is 6.85. The minimum atomic E-state index is -1.25. The van der Waals surface area contributed by atoms with Crippen LogP contribution in [0.4, 0.5) is 8.78 Å². The maximum atomic E-state index is 14.9. The molecule has 2 aliphatic heterocycles. The molecule has 2 aromatic rings. The number of fused-ring (bicyclic) bond motifs is 1. The monoisotopic (exact) mass is 473 g/mol. The number of rotatable bonds is 5. The SMILES string of the molecule is O=CCNC(=O)[C@H]1C[C@H]2CSC(NC(=O)c3ccccc3)=N[C@@]2(c2ccc(F)cc2F)CO1. The molecule has 0 radical (unpaired) electrons. The first kappa shape index (κ1) is 23.1. The minimum Gasteiger partial charge on any atom is -0.365 e. The van der Waals surface area contributed by atoms with Gasteiger partial charge in [0.25, 0.3) is 5.91 Å². The van der Waals surface area contributed by atoms with E-state index in [1.54, 1.807) is 30.3 Å². The summed E-state index contributed by atoms with van der Waals surface area (Å²) in [6.45, 7) is -0.283. The van der Waals surface area contributed by atoms with Gasteiger partial charge in [-0.25, -0.2) is 13.8 Å². The number of aldehydes is 1. The number of nitrogens with zero attached hydrogens (tertiary/aromatic N) is 1. The van der Waals surface area contributed by atoms with Crippen LogP contribution in [0.25, 0.3) is 0 Å². The number of carbonyl (C=O) groups excluding carboxylic acids is 3. The highest BCUT2D eigenvalue weighted by molar-refractivity contribution is 8.13. The molecule has 2 aromatic carbocycles. The molecule has 0 saturated carbocycles. The minimum absolute atomic E-state index is 0.132. The number of thioether (sulfide) groups is 1. The van der Waals surface area contributed by atoms with Gasteiger partial charge in [0.1, 0.15) is 29.6 Å². The molecule has 0 aliphatic carbocycles. The molecule has 2 amide bonds. The van der Waals surface area contributed by atoms with E-state index in [-0.39, 0.29) is 42.1 Å². The molecule has 4 rings (SSSR count). The molecule has 1 fully saturated rings. The second-order valence-corrected chi connectivity index (χ2v) is 8.75. The summed E-state index contributed by atoms with van der Waals surface area (Å²) in [5, 5.41) is 5.51. The van der Waals surface area contributed by atoms with Crippen molar-refractivity contribution in [2.45, 2.75) is 18.1 Å². The number of hydrogen-bond donors (Lipinski definition) is 2. The van der Waals surface area contributed by atoms with Gasteiger partial charge in [0.05, 0.1) is 13.2 Å². The van der Waals surface area contributed by atoms with Crippen LogP contribution in [0.5, 0.6) is 0 Å². The lowest BCUT2D eigenvalue weighted by Crippen LogP contribution is -2.54. The molecule has 10 heteroatoms. The van der Waals surface area contributed by atoms with Crippen molar-refractivity contribution in [2.75, 3.05) is 18.9 Å². The maximum Gasteiger partial charge on any atom is 0.257 e. The second-order valence-electron chi connectivity index (χ2n) is 7.74. The molecule has 3 atom stereocenters. The molecule has 2 N–H and O–H groups in total. The third-order valence-electron chi connectivity index (χ3n) is 5.71. The standard InChI is InChI=1S/C23H21F2N3O4S/c24-16-6-7-17(18(25)11-16)23-13-32-19(21(31)26-8-9-29)10-15(23)12-33-22(28-23)27-20(30)14-4-2-1-3-5-14/h1-7,9,11,15,19H,8,10,12-13H2,(H,26,31)(H,27,28,30)/t15-,19+,23-/m0/s1. The fourth-order valence-electron chi connectivity index (χ4n) is 4.05. The largest absolute Gasteiger partial charge is 0.365 e. The number of amidine groups is 1. The predicted molar refractivity (Wildman–Crippen MR) is 119 cm³/mol. The topological polar surface area (TPSA) is 96.9 Å². The Hall–Kier alpha value is -3.11. The lowest BCUT2D eigenvalue weighted by atomic mass is 9.75. The summed E-state index contributed by atoms with van der Waals surface area (Å²) in [4.78, 5) is 40.2. The van der Waals surface area contributed by atoms with Gasteiger partial charge in [0.2, 0.25) is 5.91 Å². The number of benzene rings is 2. The van der Waals surface area contributed by atoms with Gasteiger partial charge in [-0.1, -0.05) is 36.0 Å². The van der Waals surface area contributed by atoms with Gasteiger partial charge in [-0.05, 0) is 24.6 Å². The van der Waals surface area contributed by atoms with E-state index >= 15 is 0 Å². The van der Waals surface area contributed by atoms with Crippen LogP contribution in [0.2, 0.25) is 0 Å². The Morgan fingerprint density at radius 3 is 2.73 bits per heavy atom. The summed E-state index contributed by atoms with van der Waals surface area (Å²) >= 11 is 1.28. The Balaban J connectivity index is 1.66. The average Bonchev–Trinajstić information content (AvgIpc) is 2.82. The summed E-state index contributed by atoms with van der Waals surface area (Å²) in [6.07, 6.45) is -0.0397. The predicted octanol–water partition coefficient (Wildman–Crippen LogP) is 2.41. The Labute approximate surface area is 193 Å². The van der Waals surface area contributed by atoms with E-state index in [1.165, 1.54) is 17.8 Å². The first-order chi connectivity index (χ1) is 15.9. The van der Waals surface area contributed by atoms with Crippen LogP contribution >= 0.6 is 11.8 Å². The van der Waals surface area contributed by atoms with E-state index in [1.807, 2.05) is 0 Å². The molecular formula is C23H21F2N3O4S. The van der Waals surface area contributed by atoms with E-state index in [0.717, 1.165) is 12.1 Å². The fourth-order valence-corrected chi connectivity index (χ4v) is 5.21. The molecule has 33 heavy (non-hydrogen) atoms.